The van der Waals surface area contributed by atoms with E-state index in [1.165, 1.54) is 0 Å². The van der Waals surface area contributed by atoms with Crippen LogP contribution in [-0.2, 0) is 10.8 Å². The molecule has 11 heavy (non-hydrogen) atoms. The maximum atomic E-state index is 11.1. The summed E-state index contributed by atoms with van der Waals surface area (Å²) in [5, 5.41) is 3.23. The van der Waals surface area contributed by atoms with Crippen LogP contribution in [0, 0.1) is 0 Å². The molecule has 0 saturated heterocycles. The van der Waals surface area contributed by atoms with Crippen LogP contribution in [0.3, 0.4) is 0 Å². The molecule has 68 valence electrons. The normalized spacial score (nSPS) is 13.3. The molecule has 0 heterocycles. The Morgan fingerprint density at radius 1 is 1.09 bits per heavy atom. The van der Waals surface area contributed by atoms with Gasteiger partial charge >= 0.3 is 0 Å². The average molecular weight is 177 g/mol. The molecule has 2 nitrogen and oxygen atoms in total. The van der Waals surface area contributed by atoms with Crippen molar-refractivity contribution in [2.24, 2.45) is 0 Å². The summed E-state index contributed by atoms with van der Waals surface area (Å²) in [6, 6.07) is 0. The van der Waals surface area contributed by atoms with Gasteiger partial charge in [0, 0.05) is 28.9 Å². The molecular weight excluding hydrogens is 158 g/mol. The summed E-state index contributed by atoms with van der Waals surface area (Å²) in [6.45, 7) is 6.15. The van der Waals surface area contributed by atoms with Crippen molar-refractivity contribution in [2.75, 3.05) is 24.6 Å². The highest BCUT2D eigenvalue weighted by atomic mass is 32.2. The molecule has 0 spiro atoms. The van der Waals surface area contributed by atoms with Gasteiger partial charge in [-0.3, -0.25) is 4.21 Å². The fourth-order valence-electron chi connectivity index (χ4n) is 0.818. The Balaban J connectivity index is 3.04. The highest BCUT2D eigenvalue weighted by Crippen LogP contribution is 1.85. The number of hydrogen-bond acceptors (Lipinski definition) is 2. The van der Waals surface area contributed by atoms with Gasteiger partial charge in [-0.15, -0.1) is 0 Å². The van der Waals surface area contributed by atoms with Crippen LogP contribution in [0.4, 0.5) is 0 Å². The SMILES string of the molecule is CCCNCCS(=O)CCC. The van der Waals surface area contributed by atoms with Gasteiger partial charge in [0.15, 0.2) is 0 Å². The Labute approximate surface area is 72.2 Å². The minimum Gasteiger partial charge on any atom is -0.316 e. The van der Waals surface area contributed by atoms with E-state index in [0.717, 1.165) is 37.4 Å². The molecule has 0 bridgehead atoms. The van der Waals surface area contributed by atoms with E-state index >= 15 is 0 Å². The monoisotopic (exact) mass is 177 g/mol. The number of hydrogen-bond donors (Lipinski definition) is 1. The Kier molecular flexibility index (Phi) is 8.29. The number of rotatable bonds is 7. The van der Waals surface area contributed by atoms with E-state index in [9.17, 15) is 4.21 Å². The lowest BCUT2D eigenvalue weighted by Gasteiger charge is -2.01. The fraction of sp³-hybridized carbons (Fsp3) is 1.00. The first-order valence-electron chi connectivity index (χ1n) is 4.37. The van der Waals surface area contributed by atoms with Crippen molar-refractivity contribution in [2.45, 2.75) is 26.7 Å². The first-order chi connectivity index (χ1) is 5.31. The maximum absolute atomic E-state index is 11.1. The Morgan fingerprint density at radius 2 is 1.82 bits per heavy atom. The minimum absolute atomic E-state index is 0.586. The van der Waals surface area contributed by atoms with Gasteiger partial charge in [0.05, 0.1) is 0 Å². The Hall–Kier alpha value is 0.110. The van der Waals surface area contributed by atoms with Crippen LogP contribution in [0.25, 0.3) is 0 Å². The lowest BCUT2D eigenvalue weighted by atomic mass is 10.5. The number of nitrogens with one attached hydrogen (secondary N) is 1. The molecule has 1 unspecified atom stereocenters. The lowest BCUT2D eigenvalue weighted by Crippen LogP contribution is -2.21. The van der Waals surface area contributed by atoms with Crippen molar-refractivity contribution in [3.8, 4) is 0 Å². The summed E-state index contributed by atoms with van der Waals surface area (Å²) < 4.78 is 11.1. The van der Waals surface area contributed by atoms with E-state index in [1.54, 1.807) is 0 Å². The van der Waals surface area contributed by atoms with Crippen molar-refractivity contribution in [1.29, 1.82) is 0 Å². The first kappa shape index (κ1) is 11.1. The molecule has 0 rings (SSSR count). The molecule has 0 aliphatic carbocycles. The standard InChI is InChI=1S/C8H19NOS/c1-3-5-9-6-8-11(10)7-4-2/h9H,3-8H2,1-2H3. The lowest BCUT2D eigenvalue weighted by molar-refractivity contribution is 0.668. The van der Waals surface area contributed by atoms with Crippen LogP contribution in [0.15, 0.2) is 0 Å². The minimum atomic E-state index is -0.586. The van der Waals surface area contributed by atoms with Gasteiger partial charge < -0.3 is 5.32 Å². The van der Waals surface area contributed by atoms with Gasteiger partial charge in [-0.2, -0.15) is 0 Å². The summed E-state index contributed by atoms with van der Waals surface area (Å²) in [7, 11) is -0.586. The van der Waals surface area contributed by atoms with E-state index in [1.807, 2.05) is 0 Å². The second-order valence-electron chi connectivity index (χ2n) is 2.60. The molecule has 0 aromatic rings. The second-order valence-corrected chi connectivity index (χ2v) is 4.29. The van der Waals surface area contributed by atoms with E-state index in [-0.39, 0.29) is 0 Å². The van der Waals surface area contributed by atoms with Gasteiger partial charge in [0.25, 0.3) is 0 Å². The van der Waals surface area contributed by atoms with Crippen LogP contribution >= 0.6 is 0 Å². The summed E-state index contributed by atoms with van der Waals surface area (Å²) in [6.07, 6.45) is 2.18. The van der Waals surface area contributed by atoms with Crippen LogP contribution < -0.4 is 5.32 Å². The highest BCUT2D eigenvalue weighted by Gasteiger charge is 1.95. The molecule has 3 heteroatoms. The van der Waals surface area contributed by atoms with Crippen LogP contribution in [0.2, 0.25) is 0 Å². The molecule has 0 saturated carbocycles. The zero-order valence-corrected chi connectivity index (χ0v) is 8.38. The molecule has 0 radical (unpaired) electrons. The van der Waals surface area contributed by atoms with E-state index in [2.05, 4.69) is 19.2 Å². The third-order valence-electron chi connectivity index (χ3n) is 1.37. The zero-order chi connectivity index (χ0) is 8.53. The predicted octanol–water partition coefficient (Wildman–Crippen LogP) is 1.14. The predicted molar refractivity (Wildman–Crippen MR) is 51.3 cm³/mol. The van der Waals surface area contributed by atoms with E-state index in [4.69, 9.17) is 0 Å². The van der Waals surface area contributed by atoms with Gasteiger partial charge in [-0.1, -0.05) is 13.8 Å². The summed E-state index contributed by atoms with van der Waals surface area (Å²) in [4.78, 5) is 0. The molecule has 0 aromatic carbocycles. The smallest absolute Gasteiger partial charge is 0.0360 e. The largest absolute Gasteiger partial charge is 0.316 e. The average Bonchev–Trinajstić information content (AvgIpc) is 1.99. The molecule has 1 atom stereocenters. The molecule has 0 aliphatic heterocycles. The summed E-state index contributed by atoms with van der Waals surface area (Å²) in [5.41, 5.74) is 0. The third-order valence-corrected chi connectivity index (χ3v) is 2.89. The fourth-order valence-corrected chi connectivity index (χ4v) is 1.85. The Bertz CT molecular complexity index is 106. The quantitative estimate of drug-likeness (QED) is 0.591. The summed E-state index contributed by atoms with van der Waals surface area (Å²) in [5.74, 6) is 1.67. The van der Waals surface area contributed by atoms with Gasteiger partial charge in [0.2, 0.25) is 0 Å². The molecule has 0 aromatic heterocycles. The van der Waals surface area contributed by atoms with Crippen LogP contribution in [0.5, 0.6) is 0 Å². The van der Waals surface area contributed by atoms with Gasteiger partial charge in [0.1, 0.15) is 0 Å². The second kappa shape index (κ2) is 8.21. The highest BCUT2D eigenvalue weighted by molar-refractivity contribution is 7.84. The third kappa shape index (κ3) is 8.01. The molecule has 0 aliphatic rings. The molecule has 0 amide bonds. The first-order valence-corrected chi connectivity index (χ1v) is 5.85. The maximum Gasteiger partial charge on any atom is 0.0360 e. The van der Waals surface area contributed by atoms with Gasteiger partial charge in [-0.25, -0.2) is 0 Å². The van der Waals surface area contributed by atoms with Crippen molar-refractivity contribution >= 4 is 10.8 Å². The van der Waals surface area contributed by atoms with Crippen molar-refractivity contribution in [3.63, 3.8) is 0 Å². The van der Waals surface area contributed by atoms with Crippen LogP contribution in [0.1, 0.15) is 26.7 Å². The van der Waals surface area contributed by atoms with Crippen molar-refractivity contribution < 1.29 is 4.21 Å². The summed E-state index contributed by atoms with van der Waals surface area (Å²) >= 11 is 0. The van der Waals surface area contributed by atoms with E-state index in [0.29, 0.717) is 0 Å². The van der Waals surface area contributed by atoms with Gasteiger partial charge in [-0.05, 0) is 19.4 Å². The topological polar surface area (TPSA) is 29.1 Å². The molecule has 0 fully saturated rings. The Morgan fingerprint density at radius 3 is 2.36 bits per heavy atom. The van der Waals surface area contributed by atoms with Crippen molar-refractivity contribution in [3.05, 3.63) is 0 Å². The molecule has 1 N–H and O–H groups in total. The molecular formula is C8H19NOS. The van der Waals surface area contributed by atoms with Crippen LogP contribution in [-0.4, -0.2) is 28.8 Å². The van der Waals surface area contributed by atoms with Crippen molar-refractivity contribution in [1.82, 2.24) is 5.32 Å². The van der Waals surface area contributed by atoms with E-state index < -0.39 is 10.8 Å². The zero-order valence-electron chi connectivity index (χ0n) is 7.56.